The van der Waals surface area contributed by atoms with Crippen molar-refractivity contribution >= 4 is 5.91 Å². The third kappa shape index (κ3) is 4.90. The number of carbonyl (C=O) groups excluding carboxylic acids is 1. The first kappa shape index (κ1) is 16.6. The Morgan fingerprint density at radius 3 is 2.25 bits per heavy atom. The van der Waals surface area contributed by atoms with Gasteiger partial charge in [-0.2, -0.15) is 0 Å². The fraction of sp³-hybridized carbons (Fsp3) is 0.533. The second kappa shape index (κ2) is 7.36. The van der Waals surface area contributed by atoms with Crippen LogP contribution in [0.25, 0.3) is 0 Å². The highest BCUT2D eigenvalue weighted by molar-refractivity contribution is 5.81. The van der Waals surface area contributed by atoms with E-state index in [2.05, 4.69) is 0 Å². The zero-order valence-electron chi connectivity index (χ0n) is 12.2. The molecule has 0 bridgehead atoms. The van der Waals surface area contributed by atoms with E-state index in [1.54, 1.807) is 11.8 Å². The van der Waals surface area contributed by atoms with Crippen LogP contribution >= 0.6 is 0 Å². The van der Waals surface area contributed by atoms with E-state index >= 15 is 0 Å². The smallest absolute Gasteiger partial charge is 0.239 e. The number of carbonyl (C=O) groups is 1. The Labute approximate surface area is 119 Å². The molecule has 0 aromatic heterocycles. The van der Waals surface area contributed by atoms with Gasteiger partial charge in [0.2, 0.25) is 5.91 Å². The molecule has 1 aromatic rings. The standard InChI is InChI=1S/C15H23FN2O2/c1-10(2)8-18(15(20)11(3)17)9-14(19)12-4-6-13(16)7-5-12/h4-7,10-11,14,19H,8-9,17H2,1-3H3/t11-,14?/m0/s1. The third-order valence-corrected chi connectivity index (χ3v) is 2.93. The SMILES string of the molecule is CC(C)CN(CC(O)c1ccc(F)cc1)C(=O)[C@H](C)N. The number of halogens is 1. The summed E-state index contributed by atoms with van der Waals surface area (Å²) in [6.45, 7) is 6.29. The highest BCUT2D eigenvalue weighted by Gasteiger charge is 2.22. The first-order valence-corrected chi connectivity index (χ1v) is 6.79. The van der Waals surface area contributed by atoms with Crippen molar-refractivity contribution in [2.24, 2.45) is 11.7 Å². The summed E-state index contributed by atoms with van der Waals surface area (Å²) < 4.78 is 12.9. The molecule has 0 spiro atoms. The van der Waals surface area contributed by atoms with Crippen LogP contribution < -0.4 is 5.73 Å². The molecule has 112 valence electrons. The Kier molecular flexibility index (Phi) is 6.10. The molecule has 0 radical (unpaired) electrons. The number of aliphatic hydroxyl groups excluding tert-OH is 1. The Bertz CT molecular complexity index is 432. The van der Waals surface area contributed by atoms with Gasteiger partial charge in [0.1, 0.15) is 5.82 Å². The fourth-order valence-corrected chi connectivity index (χ4v) is 1.98. The van der Waals surface area contributed by atoms with Gasteiger partial charge in [0.25, 0.3) is 0 Å². The Morgan fingerprint density at radius 2 is 1.80 bits per heavy atom. The third-order valence-electron chi connectivity index (χ3n) is 2.93. The summed E-state index contributed by atoms with van der Waals surface area (Å²) >= 11 is 0. The van der Waals surface area contributed by atoms with Gasteiger partial charge < -0.3 is 15.7 Å². The van der Waals surface area contributed by atoms with Crippen LogP contribution in [0.5, 0.6) is 0 Å². The molecule has 1 amide bonds. The maximum absolute atomic E-state index is 12.9. The second-order valence-corrected chi connectivity index (χ2v) is 5.49. The summed E-state index contributed by atoms with van der Waals surface area (Å²) in [6, 6.07) is 5.01. The van der Waals surface area contributed by atoms with E-state index in [9.17, 15) is 14.3 Å². The van der Waals surface area contributed by atoms with Crippen LogP contribution in [0.15, 0.2) is 24.3 Å². The van der Waals surface area contributed by atoms with E-state index in [0.717, 1.165) is 0 Å². The van der Waals surface area contributed by atoms with Crippen LogP contribution in [0.2, 0.25) is 0 Å². The zero-order chi connectivity index (χ0) is 15.3. The number of nitrogens with zero attached hydrogens (tertiary/aromatic N) is 1. The van der Waals surface area contributed by atoms with Crippen LogP contribution in [0.3, 0.4) is 0 Å². The molecule has 3 N–H and O–H groups in total. The number of hydrogen-bond acceptors (Lipinski definition) is 3. The van der Waals surface area contributed by atoms with Gasteiger partial charge in [0.05, 0.1) is 18.7 Å². The molecule has 0 saturated heterocycles. The van der Waals surface area contributed by atoms with Gasteiger partial charge in [-0.1, -0.05) is 26.0 Å². The van der Waals surface area contributed by atoms with Crippen LogP contribution in [-0.4, -0.2) is 35.0 Å². The van der Waals surface area contributed by atoms with E-state index in [1.165, 1.54) is 24.3 Å². The van der Waals surface area contributed by atoms with Crippen molar-refractivity contribution in [2.45, 2.75) is 32.9 Å². The molecular weight excluding hydrogens is 259 g/mol. The lowest BCUT2D eigenvalue weighted by Gasteiger charge is -2.28. The van der Waals surface area contributed by atoms with E-state index in [4.69, 9.17) is 5.73 Å². The van der Waals surface area contributed by atoms with Crippen LogP contribution in [0.4, 0.5) is 4.39 Å². The fourth-order valence-electron chi connectivity index (χ4n) is 1.98. The zero-order valence-corrected chi connectivity index (χ0v) is 12.2. The number of nitrogens with two attached hydrogens (primary N) is 1. The van der Waals surface area contributed by atoms with Crippen molar-refractivity contribution in [1.29, 1.82) is 0 Å². The molecule has 0 saturated carbocycles. The molecule has 0 aliphatic carbocycles. The molecule has 20 heavy (non-hydrogen) atoms. The van der Waals surface area contributed by atoms with Crippen molar-refractivity contribution in [1.82, 2.24) is 4.90 Å². The van der Waals surface area contributed by atoms with Crippen molar-refractivity contribution in [3.63, 3.8) is 0 Å². The predicted octanol–water partition coefficient (Wildman–Crippen LogP) is 1.69. The average molecular weight is 282 g/mol. The minimum Gasteiger partial charge on any atom is -0.387 e. The van der Waals surface area contributed by atoms with Gasteiger partial charge >= 0.3 is 0 Å². The second-order valence-electron chi connectivity index (χ2n) is 5.49. The summed E-state index contributed by atoms with van der Waals surface area (Å²) in [4.78, 5) is 13.6. The molecular formula is C15H23FN2O2. The van der Waals surface area contributed by atoms with E-state index in [0.29, 0.717) is 12.1 Å². The van der Waals surface area contributed by atoms with Crippen molar-refractivity contribution in [2.75, 3.05) is 13.1 Å². The van der Waals surface area contributed by atoms with Crippen LogP contribution in [0, 0.1) is 11.7 Å². The lowest BCUT2D eigenvalue weighted by Crippen LogP contribution is -2.45. The molecule has 1 rings (SSSR count). The monoisotopic (exact) mass is 282 g/mol. The Morgan fingerprint density at radius 1 is 1.25 bits per heavy atom. The summed E-state index contributed by atoms with van der Waals surface area (Å²) in [5.41, 5.74) is 6.21. The lowest BCUT2D eigenvalue weighted by molar-refractivity contribution is -0.134. The molecule has 4 nitrogen and oxygen atoms in total. The van der Waals surface area contributed by atoms with E-state index in [1.807, 2.05) is 13.8 Å². The number of aliphatic hydroxyl groups is 1. The molecule has 0 heterocycles. The van der Waals surface area contributed by atoms with E-state index < -0.39 is 12.1 Å². The largest absolute Gasteiger partial charge is 0.387 e. The molecule has 2 atom stereocenters. The number of benzene rings is 1. The van der Waals surface area contributed by atoms with Crippen molar-refractivity contribution < 1.29 is 14.3 Å². The summed E-state index contributed by atoms with van der Waals surface area (Å²) in [7, 11) is 0. The van der Waals surface area contributed by atoms with Gasteiger partial charge in [0.15, 0.2) is 0 Å². The van der Waals surface area contributed by atoms with Crippen LogP contribution in [-0.2, 0) is 4.79 Å². The summed E-state index contributed by atoms with van der Waals surface area (Å²) in [6.07, 6.45) is -0.850. The van der Waals surface area contributed by atoms with Gasteiger partial charge in [-0.15, -0.1) is 0 Å². The minimum absolute atomic E-state index is 0.157. The normalized spacial score (nSPS) is 14.2. The minimum atomic E-state index is -0.850. The quantitative estimate of drug-likeness (QED) is 0.834. The van der Waals surface area contributed by atoms with Gasteiger partial charge in [0, 0.05) is 6.54 Å². The summed E-state index contributed by atoms with van der Waals surface area (Å²) in [5, 5.41) is 10.2. The maximum Gasteiger partial charge on any atom is 0.239 e. The topological polar surface area (TPSA) is 66.6 Å². The van der Waals surface area contributed by atoms with Gasteiger partial charge in [-0.3, -0.25) is 4.79 Å². The average Bonchev–Trinajstić information content (AvgIpc) is 2.37. The lowest BCUT2D eigenvalue weighted by atomic mass is 10.1. The van der Waals surface area contributed by atoms with Crippen molar-refractivity contribution in [3.05, 3.63) is 35.6 Å². The molecule has 0 aliphatic heterocycles. The van der Waals surface area contributed by atoms with Gasteiger partial charge in [-0.05, 0) is 30.5 Å². The van der Waals surface area contributed by atoms with Crippen LogP contribution in [0.1, 0.15) is 32.4 Å². The number of hydrogen-bond donors (Lipinski definition) is 2. The first-order chi connectivity index (χ1) is 9.31. The molecule has 0 aliphatic rings. The molecule has 5 heteroatoms. The molecule has 0 fully saturated rings. The van der Waals surface area contributed by atoms with E-state index in [-0.39, 0.29) is 24.2 Å². The maximum atomic E-state index is 12.9. The Hall–Kier alpha value is -1.46. The summed E-state index contributed by atoms with van der Waals surface area (Å²) in [5.74, 6) is -0.273. The number of amides is 1. The van der Waals surface area contributed by atoms with Crippen molar-refractivity contribution in [3.8, 4) is 0 Å². The highest BCUT2D eigenvalue weighted by atomic mass is 19.1. The molecule has 1 aromatic carbocycles. The predicted molar refractivity (Wildman–Crippen MR) is 76.4 cm³/mol. The number of rotatable bonds is 6. The van der Waals surface area contributed by atoms with Gasteiger partial charge in [-0.25, -0.2) is 4.39 Å². The highest BCUT2D eigenvalue weighted by Crippen LogP contribution is 2.16. The first-order valence-electron chi connectivity index (χ1n) is 6.79. The molecule has 1 unspecified atom stereocenters. The Balaban J connectivity index is 2.78.